The van der Waals surface area contributed by atoms with Gasteiger partial charge in [-0.05, 0) is 12.0 Å². The topological polar surface area (TPSA) is 65.2 Å². The van der Waals surface area contributed by atoms with Crippen LogP contribution in [0.2, 0.25) is 0 Å². The standard InChI is InChI=1S/C14H14N2O2/c1-8(2)12-13(16-18-14(12)15)10-7-17-11-6-4-3-5-9(10)11/h3-8H,15H2,1-2H3. The maximum absolute atomic E-state index is 5.83. The van der Waals surface area contributed by atoms with Gasteiger partial charge in [0.15, 0.2) is 0 Å². The molecule has 0 bridgehead atoms. The van der Waals surface area contributed by atoms with Gasteiger partial charge in [-0.1, -0.05) is 37.2 Å². The lowest BCUT2D eigenvalue weighted by Crippen LogP contribution is -1.94. The quantitative estimate of drug-likeness (QED) is 0.742. The number of hydrogen-bond acceptors (Lipinski definition) is 4. The van der Waals surface area contributed by atoms with Crippen molar-refractivity contribution in [1.82, 2.24) is 5.16 Å². The lowest BCUT2D eigenvalue weighted by atomic mass is 9.98. The summed E-state index contributed by atoms with van der Waals surface area (Å²) < 4.78 is 10.6. The van der Waals surface area contributed by atoms with Gasteiger partial charge < -0.3 is 14.7 Å². The molecule has 0 unspecified atom stereocenters. The summed E-state index contributed by atoms with van der Waals surface area (Å²) in [6, 6.07) is 7.84. The summed E-state index contributed by atoms with van der Waals surface area (Å²) in [5, 5.41) is 5.09. The average Bonchev–Trinajstić information content (AvgIpc) is 2.92. The Labute approximate surface area is 104 Å². The van der Waals surface area contributed by atoms with Crippen molar-refractivity contribution in [1.29, 1.82) is 0 Å². The highest BCUT2D eigenvalue weighted by molar-refractivity contribution is 5.94. The van der Waals surface area contributed by atoms with Crippen LogP contribution in [0, 0.1) is 0 Å². The van der Waals surface area contributed by atoms with Crippen LogP contribution in [0.15, 0.2) is 39.5 Å². The predicted molar refractivity (Wildman–Crippen MR) is 70.2 cm³/mol. The largest absolute Gasteiger partial charge is 0.464 e. The van der Waals surface area contributed by atoms with E-state index in [0.29, 0.717) is 5.88 Å². The Bertz CT molecular complexity index is 695. The number of fused-ring (bicyclic) bond motifs is 1. The molecular formula is C14H14N2O2. The van der Waals surface area contributed by atoms with E-state index in [0.717, 1.165) is 27.8 Å². The molecule has 0 amide bonds. The highest BCUT2D eigenvalue weighted by Gasteiger charge is 2.21. The number of nitrogen functional groups attached to an aromatic ring is 1. The molecular weight excluding hydrogens is 228 g/mol. The van der Waals surface area contributed by atoms with Gasteiger partial charge >= 0.3 is 0 Å². The molecule has 2 heterocycles. The van der Waals surface area contributed by atoms with E-state index in [1.54, 1.807) is 6.26 Å². The van der Waals surface area contributed by atoms with Crippen molar-refractivity contribution in [2.24, 2.45) is 0 Å². The minimum absolute atomic E-state index is 0.250. The minimum atomic E-state index is 0.250. The van der Waals surface area contributed by atoms with Crippen molar-refractivity contribution in [3.8, 4) is 11.3 Å². The van der Waals surface area contributed by atoms with Crippen LogP contribution in [0.3, 0.4) is 0 Å². The normalized spacial score (nSPS) is 11.5. The molecule has 4 heteroatoms. The predicted octanol–water partition coefficient (Wildman–Crippen LogP) is 3.79. The Kier molecular flexibility index (Phi) is 2.37. The molecule has 0 spiro atoms. The van der Waals surface area contributed by atoms with Crippen LogP contribution < -0.4 is 5.73 Å². The van der Waals surface area contributed by atoms with Crippen LogP contribution in [0.1, 0.15) is 25.3 Å². The van der Waals surface area contributed by atoms with Gasteiger partial charge in [0, 0.05) is 10.9 Å². The van der Waals surface area contributed by atoms with Crippen molar-refractivity contribution in [3.05, 3.63) is 36.1 Å². The van der Waals surface area contributed by atoms with E-state index in [-0.39, 0.29) is 5.92 Å². The summed E-state index contributed by atoms with van der Waals surface area (Å²) in [4.78, 5) is 0. The Balaban J connectivity index is 2.27. The molecule has 0 aliphatic carbocycles. The molecule has 0 saturated heterocycles. The maximum Gasteiger partial charge on any atom is 0.226 e. The van der Waals surface area contributed by atoms with Crippen LogP contribution in [-0.4, -0.2) is 5.16 Å². The van der Waals surface area contributed by atoms with E-state index in [4.69, 9.17) is 14.7 Å². The van der Waals surface area contributed by atoms with Crippen LogP contribution in [0.5, 0.6) is 0 Å². The Morgan fingerprint density at radius 3 is 2.78 bits per heavy atom. The minimum Gasteiger partial charge on any atom is -0.464 e. The Morgan fingerprint density at radius 1 is 1.22 bits per heavy atom. The molecule has 4 nitrogen and oxygen atoms in total. The van der Waals surface area contributed by atoms with E-state index in [1.807, 2.05) is 24.3 Å². The van der Waals surface area contributed by atoms with E-state index in [2.05, 4.69) is 19.0 Å². The summed E-state index contributed by atoms with van der Waals surface area (Å²) in [6.07, 6.45) is 1.70. The molecule has 0 atom stereocenters. The summed E-state index contributed by atoms with van der Waals surface area (Å²) in [5.41, 5.74) is 9.30. The van der Waals surface area contributed by atoms with Crippen molar-refractivity contribution in [2.75, 3.05) is 5.73 Å². The van der Waals surface area contributed by atoms with Crippen LogP contribution >= 0.6 is 0 Å². The SMILES string of the molecule is CC(C)c1c(-c2coc3ccccc23)noc1N. The fourth-order valence-electron chi connectivity index (χ4n) is 2.22. The zero-order chi connectivity index (χ0) is 12.7. The van der Waals surface area contributed by atoms with Crippen LogP contribution in [0.25, 0.3) is 22.2 Å². The number of benzene rings is 1. The third-order valence-electron chi connectivity index (χ3n) is 3.07. The summed E-state index contributed by atoms with van der Waals surface area (Å²) in [5.74, 6) is 0.630. The van der Waals surface area contributed by atoms with E-state index in [1.165, 1.54) is 0 Å². The van der Waals surface area contributed by atoms with Crippen LogP contribution in [0.4, 0.5) is 5.88 Å². The summed E-state index contributed by atoms with van der Waals surface area (Å²) in [6.45, 7) is 4.13. The molecule has 2 N–H and O–H groups in total. The average molecular weight is 242 g/mol. The lowest BCUT2D eigenvalue weighted by Gasteiger charge is -2.03. The number of furan rings is 1. The number of nitrogens with two attached hydrogens (primary N) is 1. The van der Waals surface area contributed by atoms with Gasteiger partial charge in [0.25, 0.3) is 0 Å². The molecule has 0 fully saturated rings. The number of anilines is 1. The molecule has 0 saturated carbocycles. The first kappa shape index (κ1) is 10.9. The lowest BCUT2D eigenvalue weighted by molar-refractivity contribution is 0.438. The smallest absolute Gasteiger partial charge is 0.226 e. The number of para-hydroxylation sites is 1. The number of nitrogens with zero attached hydrogens (tertiary/aromatic N) is 1. The van der Waals surface area contributed by atoms with Gasteiger partial charge in [0.1, 0.15) is 17.5 Å². The number of rotatable bonds is 2. The van der Waals surface area contributed by atoms with Gasteiger partial charge in [-0.3, -0.25) is 0 Å². The number of hydrogen-bond donors (Lipinski definition) is 1. The van der Waals surface area contributed by atoms with Crippen molar-refractivity contribution in [2.45, 2.75) is 19.8 Å². The number of aromatic nitrogens is 1. The molecule has 1 aromatic carbocycles. The van der Waals surface area contributed by atoms with E-state index < -0.39 is 0 Å². The Hall–Kier alpha value is -2.23. The molecule has 2 aromatic heterocycles. The van der Waals surface area contributed by atoms with Crippen molar-refractivity contribution < 1.29 is 8.94 Å². The zero-order valence-electron chi connectivity index (χ0n) is 10.3. The molecule has 18 heavy (non-hydrogen) atoms. The fourth-order valence-corrected chi connectivity index (χ4v) is 2.22. The van der Waals surface area contributed by atoms with Gasteiger partial charge in [-0.15, -0.1) is 0 Å². The van der Waals surface area contributed by atoms with E-state index >= 15 is 0 Å². The highest BCUT2D eigenvalue weighted by atomic mass is 16.5. The first-order valence-corrected chi connectivity index (χ1v) is 5.90. The van der Waals surface area contributed by atoms with E-state index in [9.17, 15) is 0 Å². The van der Waals surface area contributed by atoms with Gasteiger partial charge in [0.2, 0.25) is 5.88 Å². The van der Waals surface area contributed by atoms with Crippen molar-refractivity contribution >= 4 is 16.9 Å². The first-order valence-electron chi connectivity index (χ1n) is 5.90. The third kappa shape index (κ3) is 1.49. The van der Waals surface area contributed by atoms with Gasteiger partial charge in [-0.25, -0.2) is 0 Å². The first-order chi connectivity index (χ1) is 8.68. The molecule has 0 aliphatic rings. The zero-order valence-corrected chi connectivity index (χ0v) is 10.3. The molecule has 92 valence electrons. The van der Waals surface area contributed by atoms with Crippen molar-refractivity contribution in [3.63, 3.8) is 0 Å². The third-order valence-corrected chi connectivity index (χ3v) is 3.07. The molecule has 0 radical (unpaired) electrons. The maximum atomic E-state index is 5.83. The van der Waals surface area contributed by atoms with Gasteiger partial charge in [-0.2, -0.15) is 0 Å². The van der Waals surface area contributed by atoms with Gasteiger partial charge in [0.05, 0.1) is 5.56 Å². The monoisotopic (exact) mass is 242 g/mol. The highest BCUT2D eigenvalue weighted by Crippen LogP contribution is 2.37. The summed E-state index contributed by atoms with van der Waals surface area (Å²) in [7, 11) is 0. The second-order valence-electron chi connectivity index (χ2n) is 4.61. The second-order valence-corrected chi connectivity index (χ2v) is 4.61. The molecule has 0 aliphatic heterocycles. The van der Waals surface area contributed by atoms with Crippen LogP contribution in [-0.2, 0) is 0 Å². The summed E-state index contributed by atoms with van der Waals surface area (Å²) >= 11 is 0. The Morgan fingerprint density at radius 2 is 2.00 bits per heavy atom. The fraction of sp³-hybridized carbons (Fsp3) is 0.214. The second kappa shape index (κ2) is 3.91. The molecule has 3 rings (SSSR count). The molecule has 3 aromatic rings.